The second-order valence-corrected chi connectivity index (χ2v) is 10.1. The molecular weight excluding hydrogens is 562 g/mol. The number of allylic oxidation sites excluding steroid dienone is 1. The molecule has 41 heavy (non-hydrogen) atoms. The molecule has 3 aromatic rings. The molecule has 8 nitrogen and oxygen atoms in total. The summed E-state index contributed by atoms with van der Waals surface area (Å²) in [6, 6.07) is 23.7. The van der Waals surface area contributed by atoms with Crippen molar-refractivity contribution < 1.29 is 23.8 Å². The first-order valence-electron chi connectivity index (χ1n) is 12.7. The Morgan fingerprint density at radius 2 is 1.78 bits per heavy atom. The van der Waals surface area contributed by atoms with Gasteiger partial charge in [-0.1, -0.05) is 71.9 Å². The molecule has 0 aliphatic carbocycles. The molecule has 4 rings (SSSR count). The van der Waals surface area contributed by atoms with Gasteiger partial charge in [0.25, 0.3) is 0 Å². The van der Waals surface area contributed by atoms with Crippen LogP contribution in [-0.2, 0) is 14.3 Å². The second kappa shape index (κ2) is 13.8. The van der Waals surface area contributed by atoms with Crippen LogP contribution in [0.2, 0.25) is 5.02 Å². The molecule has 0 saturated carbocycles. The van der Waals surface area contributed by atoms with Crippen LogP contribution in [0.5, 0.6) is 11.5 Å². The fourth-order valence-corrected chi connectivity index (χ4v) is 5.50. The molecule has 1 heterocycles. The molecular formula is C31H28ClN3O5S. The van der Waals surface area contributed by atoms with Gasteiger partial charge in [0.15, 0.2) is 0 Å². The Balaban J connectivity index is 1.75. The largest absolute Gasteiger partial charge is 0.497 e. The van der Waals surface area contributed by atoms with Crippen molar-refractivity contribution in [2.45, 2.75) is 12.8 Å². The van der Waals surface area contributed by atoms with Gasteiger partial charge in [-0.05, 0) is 36.2 Å². The number of anilines is 1. The lowest BCUT2D eigenvalue weighted by Gasteiger charge is -2.31. The van der Waals surface area contributed by atoms with Gasteiger partial charge in [-0.25, -0.2) is 4.79 Å². The van der Waals surface area contributed by atoms with Gasteiger partial charge in [0.2, 0.25) is 5.91 Å². The normalized spacial score (nSPS) is 14.6. The Morgan fingerprint density at radius 3 is 2.44 bits per heavy atom. The molecule has 0 unspecified atom stereocenters. The minimum atomic E-state index is -0.826. The summed E-state index contributed by atoms with van der Waals surface area (Å²) in [6.07, 6.45) is 0. The Labute approximate surface area is 247 Å². The van der Waals surface area contributed by atoms with Crippen molar-refractivity contribution in [2.24, 2.45) is 0 Å². The van der Waals surface area contributed by atoms with E-state index in [4.69, 9.17) is 25.8 Å². The highest BCUT2D eigenvalue weighted by Crippen LogP contribution is 2.45. The van der Waals surface area contributed by atoms with E-state index in [2.05, 4.69) is 16.7 Å². The van der Waals surface area contributed by atoms with E-state index in [9.17, 15) is 14.9 Å². The number of rotatable bonds is 10. The van der Waals surface area contributed by atoms with E-state index in [1.165, 1.54) is 14.2 Å². The van der Waals surface area contributed by atoms with E-state index in [-0.39, 0.29) is 29.4 Å². The number of amides is 1. The predicted molar refractivity (Wildman–Crippen MR) is 161 cm³/mol. The van der Waals surface area contributed by atoms with Gasteiger partial charge in [0.05, 0.1) is 66.1 Å². The summed E-state index contributed by atoms with van der Waals surface area (Å²) in [5.41, 5.74) is 2.73. The number of carbonyl (C=O) groups excluding carboxylic acids is 2. The topological polar surface area (TPSA) is 110 Å². The molecule has 0 bridgehead atoms. The Bertz CT molecular complexity index is 1550. The third-order valence-electron chi connectivity index (χ3n) is 6.25. The number of esters is 1. The number of dihydropyridines is 1. The van der Waals surface area contributed by atoms with E-state index >= 15 is 0 Å². The summed E-state index contributed by atoms with van der Waals surface area (Å²) in [7, 11) is 3.04. The maximum absolute atomic E-state index is 13.4. The van der Waals surface area contributed by atoms with Gasteiger partial charge in [-0.15, -0.1) is 0 Å². The number of nitriles is 1. The number of benzene rings is 3. The number of hydrogen-bond acceptors (Lipinski definition) is 8. The van der Waals surface area contributed by atoms with E-state index in [0.717, 1.165) is 11.8 Å². The molecule has 0 radical (unpaired) electrons. The lowest BCUT2D eigenvalue weighted by molar-refractivity contribution is -0.138. The minimum Gasteiger partial charge on any atom is -0.497 e. The van der Waals surface area contributed by atoms with Crippen molar-refractivity contribution in [1.29, 1.82) is 5.26 Å². The zero-order valence-corrected chi connectivity index (χ0v) is 24.3. The minimum absolute atomic E-state index is 0.0417. The third-order valence-corrected chi connectivity index (χ3v) is 7.61. The summed E-state index contributed by atoms with van der Waals surface area (Å²) in [5.74, 6) is -0.728. The fourth-order valence-electron chi connectivity index (χ4n) is 4.41. The maximum Gasteiger partial charge on any atom is 0.337 e. The number of nitrogens with one attached hydrogen (secondary N) is 2. The molecule has 1 aliphatic rings. The van der Waals surface area contributed by atoms with Gasteiger partial charge in [-0.3, -0.25) is 4.79 Å². The van der Waals surface area contributed by atoms with E-state index in [0.29, 0.717) is 44.1 Å². The van der Waals surface area contributed by atoms with Crippen molar-refractivity contribution in [3.8, 4) is 17.6 Å². The molecule has 0 fully saturated rings. The van der Waals surface area contributed by atoms with Crippen LogP contribution in [0.4, 0.5) is 5.69 Å². The Morgan fingerprint density at radius 1 is 1.05 bits per heavy atom. The van der Waals surface area contributed by atoms with Crippen LogP contribution in [0.25, 0.3) is 5.70 Å². The number of methoxy groups -OCH3 is 2. The maximum atomic E-state index is 13.4. The number of carbonyl (C=O) groups is 2. The average Bonchev–Trinajstić information content (AvgIpc) is 3.00. The van der Waals surface area contributed by atoms with Crippen molar-refractivity contribution in [2.75, 3.05) is 31.9 Å². The third kappa shape index (κ3) is 6.68. The Kier molecular flexibility index (Phi) is 9.95. The molecule has 1 aliphatic heterocycles. The molecule has 210 valence electrons. The molecule has 1 atom stereocenters. The van der Waals surface area contributed by atoms with Gasteiger partial charge < -0.3 is 24.8 Å². The summed E-state index contributed by atoms with van der Waals surface area (Å²) in [5, 5.41) is 17.3. The van der Waals surface area contributed by atoms with Gasteiger partial charge in [0, 0.05) is 11.1 Å². The van der Waals surface area contributed by atoms with Crippen molar-refractivity contribution in [3.63, 3.8) is 0 Å². The number of halogens is 1. The number of thioether (sulfide) groups is 1. The van der Waals surface area contributed by atoms with Gasteiger partial charge in [-0.2, -0.15) is 5.26 Å². The molecule has 2 N–H and O–H groups in total. The molecule has 3 aromatic carbocycles. The molecule has 10 heteroatoms. The van der Waals surface area contributed by atoms with Crippen molar-refractivity contribution in [3.05, 3.63) is 105 Å². The van der Waals surface area contributed by atoms with Crippen LogP contribution < -0.4 is 20.1 Å². The van der Waals surface area contributed by atoms with Crippen LogP contribution in [0, 0.1) is 11.3 Å². The van der Waals surface area contributed by atoms with Crippen molar-refractivity contribution in [1.82, 2.24) is 5.32 Å². The molecule has 0 aromatic heterocycles. The summed E-state index contributed by atoms with van der Waals surface area (Å²) in [6.45, 7) is 1.88. The average molecular weight is 590 g/mol. The molecule has 0 spiro atoms. The van der Waals surface area contributed by atoms with E-state index in [1.54, 1.807) is 49.4 Å². The smallest absolute Gasteiger partial charge is 0.337 e. The van der Waals surface area contributed by atoms with Crippen LogP contribution in [0.3, 0.4) is 0 Å². The summed E-state index contributed by atoms with van der Waals surface area (Å²) in [4.78, 5) is 26.5. The first kappa shape index (κ1) is 29.6. The SMILES string of the molecule is CCOC(=O)C1=C(c2ccccc2)NC(SCC(=O)Nc2cc(OC)ccc2OC)=C(C#N)[C@H]1c1ccccc1Cl. The zero-order valence-electron chi connectivity index (χ0n) is 22.7. The highest BCUT2D eigenvalue weighted by Gasteiger charge is 2.38. The monoisotopic (exact) mass is 589 g/mol. The summed E-state index contributed by atoms with van der Waals surface area (Å²) < 4.78 is 16.1. The standard InChI is InChI=1S/C31H28ClN3O5S/c1-4-40-31(37)28-27(21-12-8-9-13-23(21)32)22(17-33)30(35-29(28)19-10-6-5-7-11-19)41-18-26(36)34-24-16-20(38-2)14-15-25(24)39-3/h5-16,27,35H,4,18H2,1-3H3,(H,34,36)/t27-/m1/s1. The van der Waals surface area contributed by atoms with Crippen molar-refractivity contribution >= 4 is 46.6 Å². The molecule has 1 amide bonds. The first-order chi connectivity index (χ1) is 19.9. The van der Waals surface area contributed by atoms with Gasteiger partial charge >= 0.3 is 5.97 Å². The highest BCUT2D eigenvalue weighted by atomic mass is 35.5. The Hall–Kier alpha value is -4.39. The predicted octanol–water partition coefficient (Wildman–Crippen LogP) is 6.13. The highest BCUT2D eigenvalue weighted by molar-refractivity contribution is 8.03. The van der Waals surface area contributed by atoms with Gasteiger partial charge in [0.1, 0.15) is 11.5 Å². The van der Waals surface area contributed by atoms with E-state index in [1.807, 2.05) is 30.3 Å². The second-order valence-electron chi connectivity index (χ2n) is 8.71. The zero-order chi connectivity index (χ0) is 29.4. The van der Waals surface area contributed by atoms with Crippen LogP contribution in [0.15, 0.2) is 89.0 Å². The molecule has 0 saturated heterocycles. The number of nitrogens with zero attached hydrogens (tertiary/aromatic N) is 1. The van der Waals surface area contributed by atoms with Crippen LogP contribution in [0.1, 0.15) is 24.0 Å². The van der Waals surface area contributed by atoms with Crippen LogP contribution >= 0.6 is 23.4 Å². The van der Waals surface area contributed by atoms with Crippen LogP contribution in [-0.4, -0.2) is 38.5 Å². The lowest BCUT2D eigenvalue weighted by atomic mass is 9.81. The summed E-state index contributed by atoms with van der Waals surface area (Å²) >= 11 is 7.76. The van der Waals surface area contributed by atoms with E-state index < -0.39 is 11.9 Å². The number of ether oxygens (including phenoxy) is 3. The number of hydrogen-bond donors (Lipinski definition) is 2. The quantitative estimate of drug-likeness (QED) is 0.272. The first-order valence-corrected chi connectivity index (χ1v) is 14.0. The lowest BCUT2D eigenvalue weighted by Crippen LogP contribution is -2.30. The fraction of sp³-hybridized carbons (Fsp3) is 0.194.